The van der Waals surface area contributed by atoms with Crippen LogP contribution in [0.15, 0.2) is 0 Å². The zero-order chi connectivity index (χ0) is 13.6. The number of rotatable bonds is 6. The van der Waals surface area contributed by atoms with Crippen molar-refractivity contribution in [3.05, 3.63) is 20.2 Å². The largest absolute Gasteiger partial charge is 0.468 e. The van der Waals surface area contributed by atoms with Gasteiger partial charge in [-0.05, 0) is 0 Å². The molecule has 0 atom stereocenters. The van der Waals surface area contributed by atoms with Crippen LogP contribution in [0.5, 0.6) is 0 Å². The van der Waals surface area contributed by atoms with Gasteiger partial charge in [0.15, 0.2) is 5.92 Å². The standard InChI is InChI=1S/C7H10N2O8/c1-16-6(10)4(7(11)17-2)3-5(8(12)13)9(14)15/h4-5H,3H2,1-2H3. The predicted molar refractivity (Wildman–Crippen MR) is 49.9 cm³/mol. The maximum Gasteiger partial charge on any atom is 0.452 e. The van der Waals surface area contributed by atoms with E-state index in [9.17, 15) is 29.8 Å². The Kier molecular flexibility index (Phi) is 5.51. The van der Waals surface area contributed by atoms with Crippen molar-refractivity contribution < 1.29 is 28.9 Å². The van der Waals surface area contributed by atoms with E-state index in [4.69, 9.17) is 0 Å². The minimum Gasteiger partial charge on any atom is -0.468 e. The van der Waals surface area contributed by atoms with Gasteiger partial charge in [0.25, 0.3) is 0 Å². The summed E-state index contributed by atoms with van der Waals surface area (Å²) in [4.78, 5) is 40.6. The molecule has 0 aromatic heterocycles. The van der Waals surface area contributed by atoms with Gasteiger partial charge in [-0.2, -0.15) is 0 Å². The molecule has 17 heavy (non-hydrogen) atoms. The van der Waals surface area contributed by atoms with Crippen LogP contribution in [0.3, 0.4) is 0 Å². The molecule has 0 aliphatic carbocycles. The third-order valence-corrected chi connectivity index (χ3v) is 1.90. The SMILES string of the molecule is COC(=O)C(CC([N+](=O)[O-])[N+](=O)[O-])C(=O)OC. The highest BCUT2D eigenvalue weighted by Crippen LogP contribution is 2.13. The van der Waals surface area contributed by atoms with Crippen LogP contribution in [0.25, 0.3) is 0 Å². The monoisotopic (exact) mass is 250 g/mol. The molecule has 0 aliphatic rings. The minimum atomic E-state index is -2.27. The number of hydrogen-bond donors (Lipinski definition) is 0. The molecule has 0 aromatic carbocycles. The van der Waals surface area contributed by atoms with Gasteiger partial charge in [0, 0.05) is 0 Å². The molecular formula is C7H10N2O8. The first-order valence-corrected chi connectivity index (χ1v) is 4.27. The van der Waals surface area contributed by atoms with Gasteiger partial charge in [-0.25, -0.2) is 0 Å². The van der Waals surface area contributed by atoms with Crippen molar-refractivity contribution in [1.82, 2.24) is 0 Å². The number of nitrogens with zero attached hydrogens (tertiary/aromatic N) is 2. The van der Waals surface area contributed by atoms with Crippen molar-refractivity contribution in [2.24, 2.45) is 5.92 Å². The smallest absolute Gasteiger partial charge is 0.452 e. The molecule has 0 aliphatic heterocycles. The van der Waals surface area contributed by atoms with Crippen LogP contribution in [0.4, 0.5) is 0 Å². The van der Waals surface area contributed by atoms with Crippen molar-refractivity contribution in [3.8, 4) is 0 Å². The summed E-state index contributed by atoms with van der Waals surface area (Å²) in [6.07, 6.45) is -3.18. The first-order valence-electron chi connectivity index (χ1n) is 4.27. The summed E-state index contributed by atoms with van der Waals surface area (Å²) >= 11 is 0. The van der Waals surface area contributed by atoms with E-state index in [1.54, 1.807) is 0 Å². The number of nitro groups is 2. The molecular weight excluding hydrogens is 240 g/mol. The Balaban J connectivity index is 4.96. The summed E-state index contributed by atoms with van der Waals surface area (Å²) in [5, 5.41) is 20.7. The predicted octanol–water partition coefficient (Wildman–Crippen LogP) is -0.782. The quantitative estimate of drug-likeness (QED) is 0.196. The summed E-state index contributed by atoms with van der Waals surface area (Å²) in [6.45, 7) is 0. The number of ether oxygens (including phenoxy) is 2. The summed E-state index contributed by atoms with van der Waals surface area (Å²) in [6, 6.07) is 0. The number of hydrogen-bond acceptors (Lipinski definition) is 8. The second kappa shape index (κ2) is 6.35. The van der Waals surface area contributed by atoms with Crippen LogP contribution in [-0.2, 0) is 19.1 Å². The molecule has 0 N–H and O–H groups in total. The normalized spacial score (nSPS) is 10.1. The molecule has 0 amide bonds. The van der Waals surface area contributed by atoms with Gasteiger partial charge in [0.2, 0.25) is 0 Å². The average Bonchev–Trinajstić information content (AvgIpc) is 2.27. The van der Waals surface area contributed by atoms with E-state index in [1.165, 1.54) is 0 Å². The Morgan fingerprint density at radius 3 is 1.65 bits per heavy atom. The van der Waals surface area contributed by atoms with Gasteiger partial charge < -0.3 is 9.47 Å². The maximum absolute atomic E-state index is 11.1. The van der Waals surface area contributed by atoms with Crippen LogP contribution in [0.2, 0.25) is 0 Å². The van der Waals surface area contributed by atoms with Crippen LogP contribution in [0.1, 0.15) is 6.42 Å². The molecule has 0 aromatic rings. The fraction of sp³-hybridized carbons (Fsp3) is 0.714. The van der Waals surface area contributed by atoms with Crippen molar-refractivity contribution >= 4 is 11.9 Å². The second-order valence-corrected chi connectivity index (χ2v) is 2.89. The van der Waals surface area contributed by atoms with E-state index in [0.717, 1.165) is 14.2 Å². The molecule has 0 spiro atoms. The molecule has 0 bridgehead atoms. The molecule has 96 valence electrons. The fourth-order valence-corrected chi connectivity index (χ4v) is 1.03. The molecule has 0 unspecified atom stereocenters. The summed E-state index contributed by atoms with van der Waals surface area (Å²) in [5.74, 6) is -3.93. The van der Waals surface area contributed by atoms with Crippen molar-refractivity contribution in [2.45, 2.75) is 12.6 Å². The van der Waals surface area contributed by atoms with E-state index in [2.05, 4.69) is 9.47 Å². The van der Waals surface area contributed by atoms with Gasteiger partial charge in [-0.3, -0.25) is 29.8 Å². The van der Waals surface area contributed by atoms with Gasteiger partial charge in [0.05, 0.1) is 24.1 Å². The highest BCUT2D eigenvalue weighted by atomic mass is 16.7. The molecule has 0 heterocycles. The van der Waals surface area contributed by atoms with Crippen molar-refractivity contribution in [2.75, 3.05) is 14.2 Å². The van der Waals surface area contributed by atoms with E-state index in [-0.39, 0.29) is 0 Å². The van der Waals surface area contributed by atoms with Gasteiger partial charge >= 0.3 is 18.1 Å². The van der Waals surface area contributed by atoms with E-state index >= 15 is 0 Å². The highest BCUT2D eigenvalue weighted by molar-refractivity contribution is 5.94. The topological polar surface area (TPSA) is 139 Å². The third-order valence-electron chi connectivity index (χ3n) is 1.90. The first kappa shape index (κ1) is 14.7. The van der Waals surface area contributed by atoms with E-state index < -0.39 is 40.3 Å². The minimum absolute atomic E-state index is 0.917. The molecule has 0 saturated carbocycles. The zero-order valence-electron chi connectivity index (χ0n) is 9.02. The summed E-state index contributed by atoms with van der Waals surface area (Å²) < 4.78 is 8.42. The Bertz CT molecular complexity index is 311. The van der Waals surface area contributed by atoms with Crippen molar-refractivity contribution in [3.63, 3.8) is 0 Å². The van der Waals surface area contributed by atoms with E-state index in [0.29, 0.717) is 0 Å². The van der Waals surface area contributed by atoms with Crippen molar-refractivity contribution in [1.29, 1.82) is 0 Å². The lowest BCUT2D eigenvalue weighted by atomic mass is 10.0. The lowest BCUT2D eigenvalue weighted by molar-refractivity contribution is -0.743. The van der Waals surface area contributed by atoms with Crippen LogP contribution in [-0.4, -0.2) is 42.2 Å². The van der Waals surface area contributed by atoms with Gasteiger partial charge in [-0.1, -0.05) is 0 Å². The first-order chi connectivity index (χ1) is 7.84. The second-order valence-electron chi connectivity index (χ2n) is 2.89. The molecule has 0 saturated heterocycles. The Morgan fingerprint density at radius 1 is 1.06 bits per heavy atom. The van der Waals surface area contributed by atoms with E-state index in [1.807, 2.05) is 0 Å². The number of methoxy groups -OCH3 is 2. The molecule has 0 fully saturated rings. The average molecular weight is 250 g/mol. The Hall–Kier alpha value is -2.26. The zero-order valence-corrected chi connectivity index (χ0v) is 9.02. The molecule has 0 rings (SSSR count). The Morgan fingerprint density at radius 2 is 1.41 bits per heavy atom. The van der Waals surface area contributed by atoms with Gasteiger partial charge in [0.1, 0.15) is 6.42 Å². The van der Waals surface area contributed by atoms with Gasteiger partial charge in [-0.15, -0.1) is 0 Å². The molecule has 10 heteroatoms. The number of carbonyl (C=O) groups excluding carboxylic acids is 2. The lowest BCUT2D eigenvalue weighted by Crippen LogP contribution is -2.37. The lowest BCUT2D eigenvalue weighted by Gasteiger charge is -2.11. The number of esters is 2. The van der Waals surface area contributed by atoms with Crippen LogP contribution >= 0.6 is 0 Å². The fourth-order valence-electron chi connectivity index (χ4n) is 1.03. The maximum atomic E-state index is 11.1. The van der Waals surface area contributed by atoms with Crippen LogP contribution < -0.4 is 0 Å². The third kappa shape index (κ3) is 4.01. The number of carbonyl (C=O) groups is 2. The highest BCUT2D eigenvalue weighted by Gasteiger charge is 2.42. The molecule has 0 radical (unpaired) electrons. The molecule has 10 nitrogen and oxygen atoms in total. The summed E-state index contributed by atoms with van der Waals surface area (Å²) in [5.41, 5.74) is 0. The Labute approximate surface area is 94.8 Å². The summed E-state index contributed by atoms with van der Waals surface area (Å²) in [7, 11) is 1.90. The van der Waals surface area contributed by atoms with Crippen LogP contribution in [0, 0.1) is 26.1 Å².